The quantitative estimate of drug-likeness (QED) is 0.574. The lowest BCUT2D eigenvalue weighted by atomic mass is 10.1. The van der Waals surface area contributed by atoms with Crippen LogP contribution in [-0.4, -0.2) is 49.3 Å². The van der Waals surface area contributed by atoms with E-state index in [0.29, 0.717) is 37.2 Å². The van der Waals surface area contributed by atoms with E-state index in [4.69, 9.17) is 0 Å². The highest BCUT2D eigenvalue weighted by atomic mass is 35.5. The van der Waals surface area contributed by atoms with Crippen LogP contribution in [0.1, 0.15) is 33.6 Å². The molecule has 2 N–H and O–H groups in total. The van der Waals surface area contributed by atoms with Crippen molar-refractivity contribution in [1.29, 1.82) is 0 Å². The first kappa shape index (κ1) is 18.1. The summed E-state index contributed by atoms with van der Waals surface area (Å²) in [6, 6.07) is 6.86. The zero-order valence-electron chi connectivity index (χ0n) is 12.4. The second kappa shape index (κ2) is 8.51. The number of rotatable bonds is 7. The highest BCUT2D eigenvalue weighted by Gasteiger charge is 2.34. The number of hydrogen-bond donors (Lipinski definition) is 2. The van der Waals surface area contributed by atoms with E-state index in [0.717, 1.165) is 6.42 Å². The monoisotopic (exact) mass is 325 g/mol. The van der Waals surface area contributed by atoms with E-state index < -0.39 is 0 Å². The van der Waals surface area contributed by atoms with E-state index in [1.807, 2.05) is 0 Å². The second-order valence-corrected chi connectivity index (χ2v) is 4.89. The highest BCUT2D eigenvalue weighted by molar-refractivity contribution is 6.21. The van der Waals surface area contributed by atoms with Crippen LogP contribution in [0.3, 0.4) is 0 Å². The molecule has 6 nitrogen and oxygen atoms in total. The first-order valence-electron chi connectivity index (χ1n) is 7.01. The molecule has 0 saturated heterocycles. The van der Waals surface area contributed by atoms with Gasteiger partial charge in [0.15, 0.2) is 0 Å². The number of nitrogens with one attached hydrogen (secondary N) is 2. The van der Waals surface area contributed by atoms with Crippen molar-refractivity contribution in [2.75, 3.05) is 26.7 Å². The van der Waals surface area contributed by atoms with Crippen molar-refractivity contribution in [3.8, 4) is 0 Å². The average Bonchev–Trinajstić information content (AvgIpc) is 2.72. The van der Waals surface area contributed by atoms with Crippen LogP contribution in [-0.2, 0) is 4.79 Å². The molecule has 0 fully saturated rings. The van der Waals surface area contributed by atoms with Crippen LogP contribution in [0.25, 0.3) is 0 Å². The number of halogens is 1. The Labute approximate surface area is 135 Å². The lowest BCUT2D eigenvalue weighted by Crippen LogP contribution is -2.34. The van der Waals surface area contributed by atoms with Crippen LogP contribution in [0.4, 0.5) is 0 Å². The molecule has 1 heterocycles. The van der Waals surface area contributed by atoms with E-state index >= 15 is 0 Å². The number of imide groups is 1. The van der Waals surface area contributed by atoms with E-state index in [9.17, 15) is 14.4 Å². The minimum atomic E-state index is -0.227. The maximum atomic E-state index is 12.1. The zero-order valence-corrected chi connectivity index (χ0v) is 13.2. The van der Waals surface area contributed by atoms with Crippen molar-refractivity contribution in [1.82, 2.24) is 15.5 Å². The molecule has 120 valence electrons. The van der Waals surface area contributed by atoms with Crippen LogP contribution in [0.15, 0.2) is 24.3 Å². The van der Waals surface area contributed by atoms with Crippen molar-refractivity contribution in [2.45, 2.75) is 12.8 Å². The van der Waals surface area contributed by atoms with Crippen LogP contribution in [0.2, 0.25) is 0 Å². The van der Waals surface area contributed by atoms with Gasteiger partial charge in [-0.05, 0) is 32.0 Å². The molecular weight excluding hydrogens is 306 g/mol. The van der Waals surface area contributed by atoms with Crippen molar-refractivity contribution >= 4 is 30.1 Å². The fourth-order valence-electron chi connectivity index (χ4n) is 2.29. The van der Waals surface area contributed by atoms with E-state index in [1.165, 1.54) is 4.90 Å². The molecule has 0 radical (unpaired) electrons. The van der Waals surface area contributed by atoms with Gasteiger partial charge in [0, 0.05) is 13.1 Å². The van der Waals surface area contributed by atoms with Crippen LogP contribution >= 0.6 is 12.4 Å². The topological polar surface area (TPSA) is 78.5 Å². The summed E-state index contributed by atoms with van der Waals surface area (Å²) < 4.78 is 0. The zero-order chi connectivity index (χ0) is 15.2. The number of likely N-dealkylation sites (N-methyl/N-ethyl adjacent to an activating group) is 1. The summed E-state index contributed by atoms with van der Waals surface area (Å²) in [5.41, 5.74) is 0.953. The maximum absolute atomic E-state index is 12.1. The largest absolute Gasteiger partial charge is 0.355 e. The number of carbonyl (C=O) groups excluding carboxylic acids is 3. The molecule has 0 bridgehead atoms. The summed E-state index contributed by atoms with van der Waals surface area (Å²) in [5, 5.41) is 5.52. The van der Waals surface area contributed by atoms with Gasteiger partial charge in [0.05, 0.1) is 17.7 Å². The van der Waals surface area contributed by atoms with Gasteiger partial charge in [0.25, 0.3) is 11.8 Å². The third-order valence-electron chi connectivity index (χ3n) is 3.35. The average molecular weight is 326 g/mol. The van der Waals surface area contributed by atoms with Crippen LogP contribution < -0.4 is 10.6 Å². The molecule has 1 aliphatic rings. The Bertz CT molecular complexity index is 528. The predicted molar refractivity (Wildman–Crippen MR) is 85.2 cm³/mol. The normalized spacial score (nSPS) is 12.9. The summed E-state index contributed by atoms with van der Waals surface area (Å²) in [4.78, 5) is 36.7. The van der Waals surface area contributed by atoms with Crippen molar-refractivity contribution in [2.24, 2.45) is 0 Å². The van der Waals surface area contributed by atoms with Gasteiger partial charge >= 0.3 is 0 Å². The smallest absolute Gasteiger partial charge is 0.261 e. The number of benzene rings is 1. The molecule has 1 aromatic rings. The molecule has 0 saturated carbocycles. The van der Waals surface area contributed by atoms with Gasteiger partial charge in [-0.3, -0.25) is 19.3 Å². The number of nitrogens with zero attached hydrogens (tertiary/aromatic N) is 1. The summed E-state index contributed by atoms with van der Waals surface area (Å²) in [6.07, 6.45) is 1.40. The number of carbonyl (C=O) groups is 3. The Kier molecular flexibility index (Phi) is 7.01. The van der Waals surface area contributed by atoms with Crippen LogP contribution in [0.5, 0.6) is 0 Å². The van der Waals surface area contributed by atoms with E-state index in [-0.39, 0.29) is 30.1 Å². The molecule has 0 aromatic heterocycles. The summed E-state index contributed by atoms with van der Waals surface area (Å²) in [7, 11) is 1.71. The fraction of sp³-hybridized carbons (Fsp3) is 0.400. The van der Waals surface area contributed by atoms with Gasteiger partial charge in [-0.2, -0.15) is 0 Å². The van der Waals surface area contributed by atoms with E-state index in [2.05, 4.69) is 10.6 Å². The first-order valence-corrected chi connectivity index (χ1v) is 7.01. The molecule has 3 amide bonds. The third-order valence-corrected chi connectivity index (χ3v) is 3.35. The molecule has 0 atom stereocenters. The fourth-order valence-corrected chi connectivity index (χ4v) is 2.29. The van der Waals surface area contributed by atoms with Crippen molar-refractivity contribution < 1.29 is 14.4 Å². The van der Waals surface area contributed by atoms with Gasteiger partial charge < -0.3 is 10.6 Å². The van der Waals surface area contributed by atoms with Crippen molar-refractivity contribution in [3.05, 3.63) is 35.4 Å². The van der Waals surface area contributed by atoms with Gasteiger partial charge in [-0.1, -0.05) is 12.1 Å². The highest BCUT2D eigenvalue weighted by Crippen LogP contribution is 2.22. The van der Waals surface area contributed by atoms with Crippen LogP contribution in [0, 0.1) is 0 Å². The second-order valence-electron chi connectivity index (χ2n) is 4.89. The van der Waals surface area contributed by atoms with E-state index in [1.54, 1.807) is 31.3 Å². The molecule has 0 spiro atoms. The minimum Gasteiger partial charge on any atom is -0.355 e. The molecule has 0 aliphatic carbocycles. The van der Waals surface area contributed by atoms with Gasteiger partial charge in [-0.25, -0.2) is 0 Å². The molecule has 1 aliphatic heterocycles. The van der Waals surface area contributed by atoms with Gasteiger partial charge in [-0.15, -0.1) is 12.4 Å². The van der Waals surface area contributed by atoms with Crippen molar-refractivity contribution in [3.63, 3.8) is 0 Å². The number of fused-ring (bicyclic) bond motifs is 1. The standard InChI is InChI=1S/C15H19N3O3.ClH/c1-16-10-13(19)17-8-4-5-9-18-14(20)11-6-2-3-7-12(11)15(18)21;/h2-3,6-7,16H,4-5,8-10H2,1H3,(H,17,19);1H. The Hall–Kier alpha value is -1.92. The molecule has 0 unspecified atom stereocenters. The Morgan fingerprint density at radius 1 is 1.09 bits per heavy atom. The Morgan fingerprint density at radius 2 is 1.68 bits per heavy atom. The molecular formula is C15H20ClN3O3. The number of unbranched alkanes of at least 4 members (excludes halogenated alkanes) is 1. The molecule has 22 heavy (non-hydrogen) atoms. The molecule has 2 rings (SSSR count). The minimum absolute atomic E-state index is 0. The summed E-state index contributed by atoms with van der Waals surface area (Å²) in [5.74, 6) is -0.511. The first-order chi connectivity index (χ1) is 10.1. The third kappa shape index (κ3) is 4.05. The number of hydrogen-bond acceptors (Lipinski definition) is 4. The summed E-state index contributed by atoms with van der Waals surface area (Å²) in [6.45, 7) is 1.22. The maximum Gasteiger partial charge on any atom is 0.261 e. The Balaban J connectivity index is 0.00000242. The predicted octanol–water partition coefficient (Wildman–Crippen LogP) is 0.820. The van der Waals surface area contributed by atoms with Gasteiger partial charge in [0.1, 0.15) is 0 Å². The van der Waals surface area contributed by atoms with Gasteiger partial charge in [0.2, 0.25) is 5.91 Å². The SMILES string of the molecule is CNCC(=O)NCCCCN1C(=O)c2ccccc2C1=O.Cl. The summed E-state index contributed by atoms with van der Waals surface area (Å²) >= 11 is 0. The lowest BCUT2D eigenvalue weighted by molar-refractivity contribution is -0.120. The number of amides is 3. The lowest BCUT2D eigenvalue weighted by Gasteiger charge is -2.13. The molecule has 1 aromatic carbocycles. The Morgan fingerprint density at radius 3 is 2.23 bits per heavy atom. The molecule has 7 heteroatoms.